The highest BCUT2D eigenvalue weighted by atomic mass is 35.5. The summed E-state index contributed by atoms with van der Waals surface area (Å²) in [4.78, 5) is 4.47. The summed E-state index contributed by atoms with van der Waals surface area (Å²) in [5.74, 6) is -0.291. The molecule has 1 unspecified atom stereocenters. The van der Waals surface area contributed by atoms with Crippen molar-refractivity contribution in [3.8, 4) is 6.07 Å². The predicted molar refractivity (Wildman–Crippen MR) is 153 cm³/mol. The lowest BCUT2D eigenvalue weighted by Gasteiger charge is -2.33. The number of hydrogen-bond donors (Lipinski definition) is 3. The molecule has 40 heavy (non-hydrogen) atoms. The number of benzene rings is 2. The standard InChI is InChI=1S/C29H28BClFN7O/c30-29(19-5-7-20(32)8-6-19,26-15-39(38-37-26)22-9-10-22)36-21-11-23-27(35-25-4-2-1-3-17(25)16-40)18(13-33)14-34-28(23)24(31)12-21/h5-8,11-12,14-15,17,22,25,36,40H,1-4,9-10,16H2,(H,34,35)/t17-,25+,29?/m1/s1. The van der Waals surface area contributed by atoms with E-state index in [0.717, 1.165) is 38.5 Å². The molecule has 0 bridgehead atoms. The van der Waals surface area contributed by atoms with Crippen LogP contribution in [-0.2, 0) is 5.44 Å². The third-order valence-corrected chi connectivity index (χ3v) is 8.28. The van der Waals surface area contributed by atoms with Crippen LogP contribution in [-0.4, -0.2) is 45.6 Å². The summed E-state index contributed by atoms with van der Waals surface area (Å²) in [5, 5.41) is 36.5. The van der Waals surface area contributed by atoms with Gasteiger partial charge in [0.1, 0.15) is 25.4 Å². The lowest BCUT2D eigenvalue weighted by atomic mass is 9.69. The molecular formula is C29H28BClFN7O. The van der Waals surface area contributed by atoms with Crippen molar-refractivity contribution in [3.05, 3.63) is 76.5 Å². The van der Waals surface area contributed by atoms with E-state index in [9.17, 15) is 14.8 Å². The summed E-state index contributed by atoms with van der Waals surface area (Å²) < 4.78 is 15.7. The fourth-order valence-electron chi connectivity index (χ4n) is 5.57. The fraction of sp³-hybridized carbons (Fsp3) is 0.379. The van der Waals surface area contributed by atoms with E-state index in [-0.39, 0.29) is 24.4 Å². The number of aliphatic hydroxyl groups excluding tert-OH is 1. The third-order valence-electron chi connectivity index (χ3n) is 7.99. The van der Waals surface area contributed by atoms with Gasteiger partial charge in [-0.15, -0.1) is 5.10 Å². The molecular weight excluding hydrogens is 528 g/mol. The van der Waals surface area contributed by atoms with Gasteiger partial charge in [-0.1, -0.05) is 41.8 Å². The van der Waals surface area contributed by atoms with E-state index in [4.69, 9.17) is 19.4 Å². The van der Waals surface area contributed by atoms with Crippen LogP contribution in [0.25, 0.3) is 10.9 Å². The number of nitrogens with zero attached hydrogens (tertiary/aromatic N) is 5. The van der Waals surface area contributed by atoms with Crippen molar-refractivity contribution in [2.45, 2.75) is 56.0 Å². The van der Waals surface area contributed by atoms with Crippen molar-refractivity contribution in [1.82, 2.24) is 20.0 Å². The first-order valence-electron chi connectivity index (χ1n) is 13.5. The van der Waals surface area contributed by atoms with Crippen LogP contribution in [0.1, 0.15) is 61.4 Å². The molecule has 2 fully saturated rings. The number of aliphatic hydroxyl groups is 1. The molecule has 8 nitrogen and oxygen atoms in total. The molecule has 11 heteroatoms. The Kier molecular flexibility index (Phi) is 7.11. The van der Waals surface area contributed by atoms with E-state index < -0.39 is 5.44 Å². The lowest BCUT2D eigenvalue weighted by Crippen LogP contribution is -2.38. The molecule has 3 N–H and O–H groups in total. The van der Waals surface area contributed by atoms with Crippen LogP contribution in [0.15, 0.2) is 48.8 Å². The molecule has 3 atom stereocenters. The van der Waals surface area contributed by atoms with Gasteiger partial charge in [-0.05, 0) is 55.5 Å². The van der Waals surface area contributed by atoms with E-state index in [1.165, 1.54) is 18.3 Å². The Morgan fingerprint density at radius 2 is 1.95 bits per heavy atom. The van der Waals surface area contributed by atoms with Crippen LogP contribution in [0.4, 0.5) is 15.8 Å². The zero-order chi connectivity index (χ0) is 27.9. The van der Waals surface area contributed by atoms with E-state index >= 15 is 0 Å². The molecule has 0 aliphatic heterocycles. The summed E-state index contributed by atoms with van der Waals surface area (Å²) in [6.07, 6.45) is 9.32. The predicted octanol–water partition coefficient (Wildman–Crippen LogP) is 5.27. The van der Waals surface area contributed by atoms with Crippen molar-refractivity contribution in [3.63, 3.8) is 0 Å². The molecule has 2 aliphatic carbocycles. The molecule has 0 amide bonds. The van der Waals surface area contributed by atoms with Gasteiger partial charge in [-0.2, -0.15) is 5.26 Å². The van der Waals surface area contributed by atoms with Crippen molar-refractivity contribution in [2.75, 3.05) is 17.2 Å². The second-order valence-electron chi connectivity index (χ2n) is 10.7. The first-order chi connectivity index (χ1) is 19.4. The first kappa shape index (κ1) is 26.5. The number of rotatable bonds is 8. The van der Waals surface area contributed by atoms with Crippen LogP contribution in [0.2, 0.25) is 5.02 Å². The minimum Gasteiger partial charge on any atom is -0.396 e. The molecule has 202 valence electrons. The van der Waals surface area contributed by atoms with Crippen LogP contribution in [0.3, 0.4) is 0 Å². The molecule has 2 aromatic carbocycles. The first-order valence-corrected chi connectivity index (χ1v) is 13.9. The quantitative estimate of drug-likeness (QED) is 0.254. The largest absolute Gasteiger partial charge is 0.396 e. The molecule has 4 aromatic rings. The van der Waals surface area contributed by atoms with Crippen molar-refractivity contribution in [1.29, 1.82) is 5.26 Å². The van der Waals surface area contributed by atoms with Crippen LogP contribution >= 0.6 is 11.6 Å². The van der Waals surface area contributed by atoms with Gasteiger partial charge >= 0.3 is 0 Å². The zero-order valence-electron chi connectivity index (χ0n) is 21.8. The maximum Gasteiger partial charge on any atom is 0.123 e. The second-order valence-corrected chi connectivity index (χ2v) is 11.2. The van der Waals surface area contributed by atoms with Gasteiger partial charge < -0.3 is 15.7 Å². The summed E-state index contributed by atoms with van der Waals surface area (Å²) in [5.41, 5.74) is 1.79. The average molecular weight is 556 g/mol. The van der Waals surface area contributed by atoms with Gasteiger partial charge in [0.25, 0.3) is 0 Å². The smallest absolute Gasteiger partial charge is 0.123 e. The number of halogens is 2. The summed E-state index contributed by atoms with van der Waals surface area (Å²) >= 11 is 6.75. The van der Waals surface area contributed by atoms with E-state index in [1.54, 1.807) is 18.2 Å². The minimum absolute atomic E-state index is 0.0112. The SMILES string of the molecule is [B]C(Nc1cc(Cl)c2ncc(C#N)c(N[C@H]3CCCC[C@@H]3CO)c2c1)(c1ccc(F)cc1)c1cn(C2CC2)nn1. The summed E-state index contributed by atoms with van der Waals surface area (Å²) in [6.45, 7) is 0.0744. The van der Waals surface area contributed by atoms with Gasteiger partial charge in [0.05, 0.1) is 39.5 Å². The lowest BCUT2D eigenvalue weighted by molar-refractivity contribution is 0.178. The van der Waals surface area contributed by atoms with Gasteiger partial charge in [0.2, 0.25) is 0 Å². The second kappa shape index (κ2) is 10.7. The number of fused-ring (bicyclic) bond motifs is 1. The minimum atomic E-state index is -1.36. The molecule has 2 radical (unpaired) electrons. The van der Waals surface area contributed by atoms with Crippen molar-refractivity contribution < 1.29 is 9.50 Å². The Morgan fingerprint density at radius 3 is 2.67 bits per heavy atom. The maximum absolute atomic E-state index is 13.8. The molecule has 6 rings (SSSR count). The zero-order valence-corrected chi connectivity index (χ0v) is 22.6. The van der Waals surface area contributed by atoms with Gasteiger partial charge in [0, 0.05) is 35.8 Å². The normalized spacial score (nSPS) is 20.6. The molecule has 0 spiro atoms. The Morgan fingerprint density at radius 1 is 1.18 bits per heavy atom. The number of aromatic nitrogens is 4. The van der Waals surface area contributed by atoms with Crippen LogP contribution in [0.5, 0.6) is 0 Å². The van der Waals surface area contributed by atoms with E-state index in [2.05, 4.69) is 32.0 Å². The Hall–Kier alpha value is -3.68. The van der Waals surface area contributed by atoms with Crippen molar-refractivity contribution >= 4 is 41.7 Å². The van der Waals surface area contributed by atoms with Crippen LogP contribution in [0, 0.1) is 23.1 Å². The number of nitriles is 1. The molecule has 2 saturated carbocycles. The number of hydrogen-bond acceptors (Lipinski definition) is 7. The molecule has 0 saturated heterocycles. The monoisotopic (exact) mass is 555 g/mol. The van der Waals surface area contributed by atoms with Crippen LogP contribution < -0.4 is 10.6 Å². The Balaban J connectivity index is 1.44. The molecule has 2 aromatic heterocycles. The third kappa shape index (κ3) is 5.00. The van der Waals surface area contributed by atoms with E-state index in [1.807, 2.05) is 16.9 Å². The highest BCUT2D eigenvalue weighted by Gasteiger charge is 2.34. The maximum atomic E-state index is 13.8. The van der Waals surface area contributed by atoms with E-state index in [0.29, 0.717) is 50.2 Å². The number of anilines is 2. The van der Waals surface area contributed by atoms with Crippen molar-refractivity contribution in [2.24, 2.45) is 5.92 Å². The molecule has 2 heterocycles. The highest BCUT2D eigenvalue weighted by Crippen LogP contribution is 2.39. The topological polar surface area (TPSA) is 112 Å². The molecule has 2 aliphatic rings. The number of nitrogens with one attached hydrogen (secondary N) is 2. The fourth-order valence-corrected chi connectivity index (χ4v) is 5.84. The Bertz CT molecular complexity index is 1590. The Labute approximate surface area is 238 Å². The highest BCUT2D eigenvalue weighted by molar-refractivity contribution is 6.36. The summed E-state index contributed by atoms with van der Waals surface area (Å²) in [6, 6.07) is 12.1. The van der Waals surface area contributed by atoms with Gasteiger partial charge in [-0.3, -0.25) is 4.98 Å². The van der Waals surface area contributed by atoms with Gasteiger partial charge in [0.15, 0.2) is 0 Å². The number of pyridine rings is 1. The summed E-state index contributed by atoms with van der Waals surface area (Å²) in [7, 11) is 7.03. The average Bonchev–Trinajstić information content (AvgIpc) is 3.69. The van der Waals surface area contributed by atoms with Gasteiger partial charge in [-0.25, -0.2) is 9.07 Å².